The third-order valence-electron chi connectivity index (χ3n) is 6.31. The van der Waals surface area contributed by atoms with Gasteiger partial charge >= 0.3 is 12.1 Å². The number of ether oxygens (including phenoxy) is 2. The number of carbonyl (C=O) groups excluding carboxylic acids is 1. The molecule has 47 heavy (non-hydrogen) atoms. The lowest BCUT2D eigenvalue weighted by Crippen LogP contribution is -2.33. The van der Waals surface area contributed by atoms with Gasteiger partial charge in [0.05, 0.1) is 17.6 Å². The number of nitrogens with one attached hydrogen (secondary N) is 2. The highest BCUT2D eigenvalue weighted by Gasteiger charge is 2.38. The Morgan fingerprint density at radius 2 is 1.70 bits per heavy atom. The van der Waals surface area contributed by atoms with Crippen LogP contribution in [0.1, 0.15) is 37.9 Å². The normalized spacial score (nSPS) is 12.1. The largest absolute Gasteiger partial charge is 0.490 e. The lowest BCUT2D eigenvalue weighted by atomic mass is 10.0. The van der Waals surface area contributed by atoms with E-state index < -0.39 is 34.1 Å². The second-order valence-corrected chi connectivity index (χ2v) is 11.7. The van der Waals surface area contributed by atoms with Crippen molar-refractivity contribution in [3.63, 3.8) is 0 Å². The van der Waals surface area contributed by atoms with E-state index in [9.17, 15) is 26.4 Å². The van der Waals surface area contributed by atoms with Gasteiger partial charge in [-0.15, -0.1) is 0 Å². The second kappa shape index (κ2) is 15.5. The summed E-state index contributed by atoms with van der Waals surface area (Å²) in [5.41, 5.74) is 7.67. The average molecular weight is 678 g/mol. The Labute approximate surface area is 268 Å². The van der Waals surface area contributed by atoms with Crippen molar-refractivity contribution in [2.45, 2.75) is 50.5 Å². The van der Waals surface area contributed by atoms with E-state index in [1.165, 1.54) is 6.07 Å². The molecule has 1 atom stereocenters. The number of hydrogen-bond donors (Lipinski definition) is 5. The molecule has 0 bridgehead atoms. The van der Waals surface area contributed by atoms with E-state index in [4.69, 9.17) is 30.2 Å². The molecule has 0 aliphatic carbocycles. The van der Waals surface area contributed by atoms with Crippen molar-refractivity contribution in [1.82, 2.24) is 10.3 Å². The van der Waals surface area contributed by atoms with Crippen molar-refractivity contribution in [1.29, 1.82) is 0 Å². The predicted octanol–water partition coefficient (Wildman–Crippen LogP) is 4.75. The molecule has 1 aromatic heterocycles. The van der Waals surface area contributed by atoms with Crippen LogP contribution >= 0.6 is 0 Å². The number of rotatable bonds is 11. The molecule has 0 spiro atoms. The van der Waals surface area contributed by atoms with Crippen LogP contribution in [-0.4, -0.2) is 49.3 Å². The van der Waals surface area contributed by atoms with Gasteiger partial charge in [0.2, 0.25) is 15.9 Å². The maximum atomic E-state index is 13.7. The minimum absolute atomic E-state index is 0.0452. The molecule has 1 unspecified atom stereocenters. The van der Waals surface area contributed by atoms with Crippen molar-refractivity contribution < 1.29 is 45.8 Å². The second-order valence-electron chi connectivity index (χ2n) is 10.2. The number of benzene rings is 3. The van der Waals surface area contributed by atoms with E-state index >= 15 is 0 Å². The summed E-state index contributed by atoms with van der Waals surface area (Å²) in [7, 11) is -3.97. The number of nitrogens with zero attached hydrogens (tertiary/aromatic N) is 1. The van der Waals surface area contributed by atoms with Crippen LogP contribution < -0.4 is 31.0 Å². The summed E-state index contributed by atoms with van der Waals surface area (Å²) >= 11 is 0. The van der Waals surface area contributed by atoms with E-state index in [-0.39, 0.29) is 17.5 Å². The molecule has 16 heteroatoms. The van der Waals surface area contributed by atoms with Gasteiger partial charge in [-0.25, -0.2) is 23.3 Å². The molecule has 0 aliphatic rings. The Bertz CT molecular complexity index is 1840. The zero-order valence-electron chi connectivity index (χ0n) is 25.5. The zero-order valence-corrected chi connectivity index (χ0v) is 26.4. The van der Waals surface area contributed by atoms with E-state index in [0.717, 1.165) is 10.8 Å². The Balaban J connectivity index is 0.000000771. The smallest absolute Gasteiger partial charge is 0.490 e. The number of aromatic nitrogens is 1. The molecule has 0 saturated heterocycles. The average Bonchev–Trinajstić information content (AvgIpc) is 2.99. The lowest BCUT2D eigenvalue weighted by Gasteiger charge is -2.22. The Hall–Kier alpha value is -5.09. The molecule has 7 N–H and O–H groups in total. The number of aliphatic carboxylic acids is 1. The fourth-order valence-electron chi connectivity index (χ4n) is 4.29. The van der Waals surface area contributed by atoms with Gasteiger partial charge in [0, 0.05) is 23.8 Å². The molecule has 4 rings (SSSR count). The van der Waals surface area contributed by atoms with Crippen molar-refractivity contribution >= 4 is 44.2 Å². The van der Waals surface area contributed by atoms with Crippen LogP contribution in [-0.2, 0) is 26.2 Å². The van der Waals surface area contributed by atoms with Crippen LogP contribution in [0.4, 0.5) is 24.7 Å². The van der Waals surface area contributed by atoms with Gasteiger partial charge < -0.3 is 30.9 Å². The van der Waals surface area contributed by atoms with E-state index in [1.54, 1.807) is 42.6 Å². The molecule has 0 aliphatic heterocycles. The highest BCUT2D eigenvalue weighted by Crippen LogP contribution is 2.33. The fourth-order valence-corrected chi connectivity index (χ4v) is 5.07. The number of fused-ring (bicyclic) bond motifs is 1. The molecule has 0 fully saturated rings. The summed E-state index contributed by atoms with van der Waals surface area (Å²) in [6.45, 7) is 6.07. The summed E-state index contributed by atoms with van der Waals surface area (Å²) in [6, 6.07) is 18.1. The first-order chi connectivity index (χ1) is 22.0. The standard InChI is InChI=1S/C29H33N5O5S.C2HF3O2/c1-4-38-25-16-20(9-12-24(25)39-18(2)3)27(34-22-10-11-23-19(15-22)13-14-32-28(23)30)29(35)33-17-21-7-5-6-8-26(21)40(31,36)37;3-2(4,5)1(6)7/h5-16,18,27,34H,4,17H2,1-3H3,(H2,30,32)(H,33,35)(H2,31,36,37);(H,6,7). The van der Waals surface area contributed by atoms with Gasteiger partial charge in [0.25, 0.3) is 0 Å². The Kier molecular flexibility index (Phi) is 12.0. The van der Waals surface area contributed by atoms with Crippen molar-refractivity contribution in [2.24, 2.45) is 5.14 Å². The Morgan fingerprint density at radius 3 is 2.32 bits per heavy atom. The molecular formula is C31H34F3N5O7S. The lowest BCUT2D eigenvalue weighted by molar-refractivity contribution is -0.192. The maximum absolute atomic E-state index is 13.7. The zero-order chi connectivity index (χ0) is 34.9. The molecule has 1 amide bonds. The quantitative estimate of drug-likeness (QED) is 0.148. The number of amides is 1. The molecule has 12 nitrogen and oxygen atoms in total. The number of halogens is 3. The van der Waals surface area contributed by atoms with Crippen LogP contribution in [0.5, 0.6) is 11.5 Å². The number of primary sulfonamides is 1. The van der Waals surface area contributed by atoms with Crippen LogP contribution in [0.2, 0.25) is 0 Å². The number of nitrogen functional groups attached to an aromatic ring is 1. The first-order valence-corrected chi connectivity index (χ1v) is 15.6. The number of carbonyl (C=O) groups is 2. The molecule has 3 aromatic carbocycles. The van der Waals surface area contributed by atoms with Gasteiger partial charge in [-0.3, -0.25) is 4.79 Å². The van der Waals surface area contributed by atoms with Crippen molar-refractivity contribution in [3.05, 3.63) is 84.1 Å². The van der Waals surface area contributed by atoms with Crippen LogP contribution in [0.15, 0.2) is 77.8 Å². The summed E-state index contributed by atoms with van der Waals surface area (Å²) in [6.07, 6.45) is -3.53. The number of carboxylic acid groups (broad SMARTS) is 1. The minimum Gasteiger partial charge on any atom is -0.490 e. The van der Waals surface area contributed by atoms with Crippen molar-refractivity contribution in [2.75, 3.05) is 17.7 Å². The summed E-state index contributed by atoms with van der Waals surface area (Å²) in [4.78, 5) is 26.6. The van der Waals surface area contributed by atoms with Crippen LogP contribution in [0.3, 0.4) is 0 Å². The number of sulfonamides is 1. The summed E-state index contributed by atoms with van der Waals surface area (Å²) < 4.78 is 67.5. The highest BCUT2D eigenvalue weighted by molar-refractivity contribution is 7.89. The number of pyridine rings is 1. The van der Waals surface area contributed by atoms with Crippen molar-refractivity contribution in [3.8, 4) is 11.5 Å². The summed E-state index contributed by atoms with van der Waals surface area (Å²) in [5, 5.41) is 20.3. The van der Waals surface area contributed by atoms with Crippen LogP contribution in [0, 0.1) is 0 Å². The summed E-state index contributed by atoms with van der Waals surface area (Å²) in [5.74, 6) is -1.67. The molecule has 0 radical (unpaired) electrons. The Morgan fingerprint density at radius 1 is 1.02 bits per heavy atom. The van der Waals surface area contributed by atoms with Gasteiger partial charge in [-0.05, 0) is 79.7 Å². The first-order valence-electron chi connectivity index (χ1n) is 14.0. The third-order valence-corrected chi connectivity index (χ3v) is 7.32. The minimum atomic E-state index is -5.08. The highest BCUT2D eigenvalue weighted by atomic mass is 32.2. The molecule has 0 saturated carbocycles. The van der Waals surface area contributed by atoms with E-state index in [0.29, 0.717) is 40.7 Å². The van der Waals surface area contributed by atoms with E-state index in [2.05, 4.69) is 15.6 Å². The number of carboxylic acids is 1. The van der Waals surface area contributed by atoms with Gasteiger partial charge in [-0.1, -0.05) is 24.3 Å². The molecule has 4 aromatic rings. The monoisotopic (exact) mass is 677 g/mol. The molecule has 1 heterocycles. The third kappa shape index (κ3) is 10.2. The van der Waals surface area contributed by atoms with E-state index in [1.807, 2.05) is 45.0 Å². The van der Waals surface area contributed by atoms with Gasteiger partial charge in [-0.2, -0.15) is 13.2 Å². The maximum Gasteiger partial charge on any atom is 0.490 e. The first kappa shape index (κ1) is 36.4. The topological polar surface area (TPSA) is 196 Å². The van der Waals surface area contributed by atoms with Gasteiger partial charge in [0.1, 0.15) is 11.9 Å². The van der Waals surface area contributed by atoms with Crippen LogP contribution in [0.25, 0.3) is 10.8 Å². The SMILES string of the molecule is CCOc1cc(C(Nc2ccc3c(N)nccc3c2)C(=O)NCc2ccccc2S(N)(=O)=O)ccc1OC(C)C.O=C(O)C(F)(F)F. The number of anilines is 2. The molecular weight excluding hydrogens is 643 g/mol. The predicted molar refractivity (Wildman–Crippen MR) is 169 cm³/mol. The molecule has 252 valence electrons. The number of hydrogen-bond acceptors (Lipinski definition) is 9. The number of nitrogens with two attached hydrogens (primary N) is 2. The number of alkyl halides is 3. The van der Waals surface area contributed by atoms with Gasteiger partial charge in [0.15, 0.2) is 11.5 Å². The fraction of sp³-hybridized carbons (Fsp3) is 0.258.